The molecule has 1 aliphatic rings. The monoisotopic (exact) mass is 405 g/mol. The standard InChI is InChI=1S/C27H35NO2/c1-5-7-8-9-10-20-12-15-21(16-13-20)27-24(29)18-23(28-4)26(27)22-14-11-19(3)25(17-22)30-6-2/h11-17,23-24,26-27,29H,5-10,18H2,1-3H3/t23-,24-,26?,27?/m1/s1. The van der Waals surface area contributed by atoms with Gasteiger partial charge in [-0.25, -0.2) is 6.57 Å². The van der Waals surface area contributed by atoms with Gasteiger partial charge in [-0.1, -0.05) is 62.6 Å². The van der Waals surface area contributed by atoms with Gasteiger partial charge in [-0.2, -0.15) is 0 Å². The Kier molecular flexibility index (Phi) is 7.94. The van der Waals surface area contributed by atoms with Gasteiger partial charge in [0.2, 0.25) is 6.04 Å². The van der Waals surface area contributed by atoms with E-state index in [0.29, 0.717) is 13.0 Å². The molecule has 4 atom stereocenters. The topological polar surface area (TPSA) is 33.8 Å². The summed E-state index contributed by atoms with van der Waals surface area (Å²) in [7, 11) is 0. The summed E-state index contributed by atoms with van der Waals surface area (Å²) in [6, 6.07) is 14.8. The van der Waals surface area contributed by atoms with Crippen LogP contribution in [0.4, 0.5) is 0 Å². The predicted octanol–water partition coefficient (Wildman–Crippen LogP) is 6.44. The molecule has 1 aliphatic carbocycles. The van der Waals surface area contributed by atoms with Crippen LogP contribution in [-0.4, -0.2) is 23.9 Å². The van der Waals surface area contributed by atoms with E-state index in [4.69, 9.17) is 11.3 Å². The third kappa shape index (κ3) is 5.05. The molecule has 2 unspecified atom stereocenters. The van der Waals surface area contributed by atoms with Crippen molar-refractivity contribution in [2.45, 2.75) is 83.3 Å². The summed E-state index contributed by atoms with van der Waals surface area (Å²) in [4.78, 5) is 3.89. The fourth-order valence-corrected chi connectivity index (χ4v) is 4.81. The summed E-state index contributed by atoms with van der Waals surface area (Å²) in [5.74, 6) is 0.796. The smallest absolute Gasteiger partial charge is 0.233 e. The molecule has 2 aromatic rings. The van der Waals surface area contributed by atoms with Crippen molar-refractivity contribution in [3.8, 4) is 5.75 Å². The van der Waals surface area contributed by atoms with Crippen molar-refractivity contribution >= 4 is 0 Å². The van der Waals surface area contributed by atoms with Gasteiger partial charge in [0.1, 0.15) is 5.75 Å². The molecular formula is C27H35NO2. The molecule has 3 nitrogen and oxygen atoms in total. The molecule has 3 heteroatoms. The molecule has 0 amide bonds. The van der Waals surface area contributed by atoms with Gasteiger partial charge in [0, 0.05) is 5.92 Å². The molecule has 1 fully saturated rings. The number of aliphatic hydroxyl groups excluding tert-OH is 1. The first-order chi connectivity index (χ1) is 14.6. The SMILES string of the molecule is [C-]#[N+][C@@H]1C[C@@H](O)C(c2ccc(CCCCCC)cc2)C1c1ccc(C)c(OCC)c1. The highest BCUT2D eigenvalue weighted by Crippen LogP contribution is 2.48. The zero-order valence-electron chi connectivity index (χ0n) is 18.6. The van der Waals surface area contributed by atoms with Gasteiger partial charge in [-0.15, -0.1) is 0 Å². The number of unbranched alkanes of at least 4 members (excludes halogenated alkanes) is 3. The second-order valence-corrected chi connectivity index (χ2v) is 8.56. The first kappa shape index (κ1) is 22.4. The van der Waals surface area contributed by atoms with Crippen LogP contribution in [0, 0.1) is 13.5 Å². The molecule has 0 radical (unpaired) electrons. The van der Waals surface area contributed by atoms with Crippen molar-refractivity contribution in [3.05, 3.63) is 76.1 Å². The minimum Gasteiger partial charge on any atom is -0.494 e. The highest BCUT2D eigenvalue weighted by atomic mass is 16.5. The number of rotatable bonds is 9. The number of aryl methyl sites for hydroxylation is 2. The lowest BCUT2D eigenvalue weighted by Gasteiger charge is -2.23. The molecule has 0 saturated heterocycles. The normalized spacial score (nSPS) is 23.3. The van der Waals surface area contributed by atoms with E-state index in [-0.39, 0.29) is 17.9 Å². The number of hydrogen-bond donors (Lipinski definition) is 1. The van der Waals surface area contributed by atoms with Crippen LogP contribution in [-0.2, 0) is 6.42 Å². The van der Waals surface area contributed by atoms with E-state index in [1.165, 1.54) is 31.2 Å². The molecule has 0 bridgehead atoms. The van der Waals surface area contributed by atoms with Crippen molar-refractivity contribution in [2.75, 3.05) is 6.61 Å². The number of aliphatic hydroxyl groups is 1. The highest BCUT2D eigenvalue weighted by molar-refractivity contribution is 5.43. The molecular weight excluding hydrogens is 370 g/mol. The second kappa shape index (κ2) is 10.6. The van der Waals surface area contributed by atoms with Crippen LogP contribution in [0.15, 0.2) is 42.5 Å². The molecule has 2 aromatic carbocycles. The van der Waals surface area contributed by atoms with E-state index in [2.05, 4.69) is 54.2 Å². The largest absolute Gasteiger partial charge is 0.494 e. The molecule has 0 heterocycles. The van der Waals surface area contributed by atoms with Gasteiger partial charge in [0.15, 0.2) is 0 Å². The third-order valence-corrected chi connectivity index (χ3v) is 6.45. The van der Waals surface area contributed by atoms with E-state index < -0.39 is 6.10 Å². The lowest BCUT2D eigenvalue weighted by Crippen LogP contribution is -2.18. The van der Waals surface area contributed by atoms with Gasteiger partial charge < -0.3 is 14.7 Å². The molecule has 30 heavy (non-hydrogen) atoms. The van der Waals surface area contributed by atoms with Crippen LogP contribution in [0.5, 0.6) is 5.75 Å². The third-order valence-electron chi connectivity index (χ3n) is 6.45. The average Bonchev–Trinajstić information content (AvgIpc) is 3.09. The van der Waals surface area contributed by atoms with Crippen LogP contribution in [0.3, 0.4) is 0 Å². The van der Waals surface area contributed by atoms with E-state index in [1.54, 1.807) is 0 Å². The average molecular weight is 406 g/mol. The molecule has 0 spiro atoms. The number of hydrogen-bond acceptors (Lipinski definition) is 2. The number of benzene rings is 2. The van der Waals surface area contributed by atoms with E-state index in [0.717, 1.165) is 28.9 Å². The number of ether oxygens (including phenoxy) is 1. The zero-order chi connectivity index (χ0) is 21.5. The molecule has 0 aliphatic heterocycles. The highest BCUT2D eigenvalue weighted by Gasteiger charge is 2.48. The van der Waals surface area contributed by atoms with Gasteiger partial charge in [0.05, 0.1) is 25.0 Å². The zero-order valence-corrected chi connectivity index (χ0v) is 18.6. The van der Waals surface area contributed by atoms with Crippen molar-refractivity contribution in [3.63, 3.8) is 0 Å². The molecule has 0 aromatic heterocycles. The Balaban J connectivity index is 1.85. The van der Waals surface area contributed by atoms with Crippen LogP contribution in [0.25, 0.3) is 4.85 Å². The van der Waals surface area contributed by atoms with Gasteiger partial charge in [-0.3, -0.25) is 0 Å². The maximum atomic E-state index is 10.9. The van der Waals surface area contributed by atoms with Crippen LogP contribution >= 0.6 is 0 Å². The Labute approximate surface area is 181 Å². The van der Waals surface area contributed by atoms with E-state index in [1.807, 2.05) is 13.8 Å². The summed E-state index contributed by atoms with van der Waals surface area (Å²) in [6.45, 7) is 14.6. The molecule has 1 N–H and O–H groups in total. The van der Waals surface area contributed by atoms with Crippen molar-refractivity contribution in [1.82, 2.24) is 0 Å². The summed E-state index contributed by atoms with van der Waals surface area (Å²) in [5.41, 5.74) is 4.68. The summed E-state index contributed by atoms with van der Waals surface area (Å²) < 4.78 is 5.80. The molecule has 3 rings (SSSR count). The van der Waals surface area contributed by atoms with Crippen LogP contribution in [0.2, 0.25) is 0 Å². The minimum absolute atomic E-state index is 0.0206. The lowest BCUT2D eigenvalue weighted by molar-refractivity contribution is 0.160. The van der Waals surface area contributed by atoms with Crippen LogP contribution < -0.4 is 4.74 Å². The first-order valence-corrected chi connectivity index (χ1v) is 11.5. The summed E-state index contributed by atoms with van der Waals surface area (Å²) in [6.07, 6.45) is 6.20. The Hall–Kier alpha value is -2.31. The fourth-order valence-electron chi connectivity index (χ4n) is 4.81. The van der Waals surface area contributed by atoms with Gasteiger partial charge in [-0.05, 0) is 55.0 Å². The maximum absolute atomic E-state index is 10.9. The molecule has 1 saturated carbocycles. The Bertz CT molecular complexity index is 852. The van der Waals surface area contributed by atoms with Gasteiger partial charge >= 0.3 is 0 Å². The van der Waals surface area contributed by atoms with E-state index in [9.17, 15) is 5.11 Å². The Morgan fingerprint density at radius 3 is 2.40 bits per heavy atom. The summed E-state index contributed by atoms with van der Waals surface area (Å²) in [5, 5.41) is 10.9. The van der Waals surface area contributed by atoms with Crippen molar-refractivity contribution in [1.29, 1.82) is 0 Å². The fraction of sp³-hybridized carbons (Fsp3) is 0.519. The number of nitrogens with zero attached hydrogens (tertiary/aromatic N) is 1. The second-order valence-electron chi connectivity index (χ2n) is 8.56. The first-order valence-electron chi connectivity index (χ1n) is 11.5. The van der Waals surface area contributed by atoms with Crippen molar-refractivity contribution < 1.29 is 9.84 Å². The lowest BCUT2D eigenvalue weighted by atomic mass is 9.81. The Morgan fingerprint density at radius 1 is 1.00 bits per heavy atom. The van der Waals surface area contributed by atoms with Crippen LogP contribution in [0.1, 0.15) is 80.0 Å². The van der Waals surface area contributed by atoms with E-state index >= 15 is 0 Å². The van der Waals surface area contributed by atoms with Gasteiger partial charge in [0.25, 0.3) is 0 Å². The predicted molar refractivity (Wildman–Crippen MR) is 123 cm³/mol. The minimum atomic E-state index is -0.499. The quantitative estimate of drug-likeness (QED) is 0.385. The Morgan fingerprint density at radius 2 is 1.73 bits per heavy atom. The van der Waals surface area contributed by atoms with Crippen molar-refractivity contribution in [2.24, 2.45) is 0 Å². The maximum Gasteiger partial charge on any atom is 0.233 e. The molecule has 160 valence electrons. The summed E-state index contributed by atoms with van der Waals surface area (Å²) >= 11 is 0.